The van der Waals surface area contributed by atoms with Crippen LogP contribution in [0.15, 0.2) is 48.5 Å². The van der Waals surface area contributed by atoms with Crippen LogP contribution in [0.3, 0.4) is 0 Å². The summed E-state index contributed by atoms with van der Waals surface area (Å²) in [7, 11) is 0. The summed E-state index contributed by atoms with van der Waals surface area (Å²) in [5.74, 6) is 0. The molecule has 3 aromatic rings. The first-order valence-corrected chi connectivity index (χ1v) is 5.22. The minimum atomic E-state index is 0.792. The zero-order valence-corrected chi connectivity index (χ0v) is 8.75. The third-order valence-electron chi connectivity index (χ3n) is 2.63. The van der Waals surface area contributed by atoms with Gasteiger partial charge in [0.25, 0.3) is 0 Å². The van der Waals surface area contributed by atoms with Gasteiger partial charge in [-0.05, 0) is 28.3 Å². The molecule has 0 fully saturated rings. The Morgan fingerprint density at radius 3 is 2.47 bits per heavy atom. The maximum atomic E-state index is 6.22. The molecule has 0 spiro atoms. The minimum absolute atomic E-state index is 0.792. The fraction of sp³-hybridized carbons (Fsp3) is 0. The minimum Gasteiger partial charge on any atom is -0.0836 e. The Balaban J connectivity index is 2.64. The second-order valence-corrected chi connectivity index (χ2v) is 3.94. The van der Waals surface area contributed by atoms with Crippen LogP contribution in [0.25, 0.3) is 21.5 Å². The Morgan fingerprint density at radius 1 is 0.867 bits per heavy atom. The molecule has 0 saturated carbocycles. The lowest BCUT2D eigenvalue weighted by atomic mass is 10.0. The van der Waals surface area contributed by atoms with Crippen LogP contribution in [0.5, 0.6) is 0 Å². The first-order valence-electron chi connectivity index (χ1n) is 4.84. The molecular formula is C14H8Cl. The van der Waals surface area contributed by atoms with Crippen molar-refractivity contribution in [2.45, 2.75) is 0 Å². The first-order chi connectivity index (χ1) is 7.36. The number of fused-ring (bicyclic) bond motifs is 3. The fourth-order valence-corrected chi connectivity index (χ4v) is 2.21. The Bertz CT molecular complexity index is 641. The van der Waals surface area contributed by atoms with E-state index in [1.165, 1.54) is 10.8 Å². The average Bonchev–Trinajstić information content (AvgIpc) is 2.30. The van der Waals surface area contributed by atoms with Crippen LogP contribution in [0.2, 0.25) is 5.02 Å². The van der Waals surface area contributed by atoms with Crippen LogP contribution in [-0.4, -0.2) is 0 Å². The SMILES string of the molecule is Clc1cc2[c]cccc2c2ccccc12. The maximum Gasteiger partial charge on any atom is 0.0491 e. The summed E-state index contributed by atoms with van der Waals surface area (Å²) in [5.41, 5.74) is 0. The van der Waals surface area contributed by atoms with E-state index in [2.05, 4.69) is 18.2 Å². The lowest BCUT2D eigenvalue weighted by molar-refractivity contribution is 1.75. The van der Waals surface area contributed by atoms with Gasteiger partial charge in [0.2, 0.25) is 0 Å². The van der Waals surface area contributed by atoms with Crippen molar-refractivity contribution < 1.29 is 0 Å². The predicted octanol–water partition coefficient (Wildman–Crippen LogP) is 4.45. The molecule has 0 aliphatic carbocycles. The molecule has 0 aliphatic rings. The molecule has 0 atom stereocenters. The van der Waals surface area contributed by atoms with Crippen molar-refractivity contribution in [3.63, 3.8) is 0 Å². The van der Waals surface area contributed by atoms with Crippen LogP contribution in [0.4, 0.5) is 0 Å². The third kappa shape index (κ3) is 1.30. The highest BCUT2D eigenvalue weighted by Gasteiger charge is 2.03. The number of halogens is 1. The molecule has 0 unspecified atom stereocenters. The van der Waals surface area contributed by atoms with E-state index >= 15 is 0 Å². The molecule has 0 aromatic heterocycles. The van der Waals surface area contributed by atoms with E-state index in [0.29, 0.717) is 0 Å². The number of benzene rings is 3. The molecule has 0 bridgehead atoms. The normalized spacial score (nSPS) is 11.0. The zero-order chi connectivity index (χ0) is 10.3. The van der Waals surface area contributed by atoms with Gasteiger partial charge in [0.05, 0.1) is 0 Å². The van der Waals surface area contributed by atoms with Gasteiger partial charge in [-0.2, -0.15) is 0 Å². The number of rotatable bonds is 0. The molecule has 3 rings (SSSR count). The lowest BCUT2D eigenvalue weighted by Gasteiger charge is -2.04. The summed E-state index contributed by atoms with van der Waals surface area (Å²) < 4.78 is 0. The van der Waals surface area contributed by atoms with E-state index in [1.807, 2.05) is 36.4 Å². The van der Waals surface area contributed by atoms with Gasteiger partial charge in [0, 0.05) is 10.4 Å². The molecule has 0 N–H and O–H groups in total. The summed E-state index contributed by atoms with van der Waals surface area (Å²) in [6, 6.07) is 19.4. The molecule has 0 aliphatic heterocycles. The van der Waals surface area contributed by atoms with Crippen molar-refractivity contribution in [3.8, 4) is 0 Å². The third-order valence-corrected chi connectivity index (χ3v) is 2.95. The first kappa shape index (κ1) is 8.75. The molecule has 15 heavy (non-hydrogen) atoms. The van der Waals surface area contributed by atoms with Crippen molar-refractivity contribution in [2.75, 3.05) is 0 Å². The van der Waals surface area contributed by atoms with Gasteiger partial charge in [-0.3, -0.25) is 0 Å². The highest BCUT2D eigenvalue weighted by atomic mass is 35.5. The molecule has 1 radical (unpaired) electrons. The van der Waals surface area contributed by atoms with Gasteiger partial charge < -0.3 is 0 Å². The van der Waals surface area contributed by atoms with Crippen molar-refractivity contribution in [1.29, 1.82) is 0 Å². The van der Waals surface area contributed by atoms with Crippen LogP contribution in [-0.2, 0) is 0 Å². The second kappa shape index (κ2) is 3.25. The highest BCUT2D eigenvalue weighted by molar-refractivity contribution is 6.37. The quantitative estimate of drug-likeness (QED) is 0.482. The second-order valence-electron chi connectivity index (χ2n) is 3.54. The smallest absolute Gasteiger partial charge is 0.0491 e. The van der Waals surface area contributed by atoms with Crippen molar-refractivity contribution >= 4 is 33.1 Å². The largest absolute Gasteiger partial charge is 0.0836 e. The molecule has 0 saturated heterocycles. The van der Waals surface area contributed by atoms with E-state index in [0.717, 1.165) is 15.8 Å². The molecule has 3 aromatic carbocycles. The van der Waals surface area contributed by atoms with E-state index < -0.39 is 0 Å². The topological polar surface area (TPSA) is 0 Å². The van der Waals surface area contributed by atoms with Crippen molar-refractivity contribution in [2.24, 2.45) is 0 Å². The Morgan fingerprint density at radius 2 is 1.60 bits per heavy atom. The van der Waals surface area contributed by atoms with Gasteiger partial charge in [-0.25, -0.2) is 0 Å². The standard InChI is InChI=1S/C14H8Cl/c15-14-9-10-5-1-2-6-11(10)12-7-3-4-8-13(12)14/h1-4,6-9H. The summed E-state index contributed by atoms with van der Waals surface area (Å²) in [6.07, 6.45) is 0. The monoisotopic (exact) mass is 211 g/mol. The van der Waals surface area contributed by atoms with Gasteiger partial charge in [0.15, 0.2) is 0 Å². The lowest BCUT2D eigenvalue weighted by Crippen LogP contribution is -1.78. The molecular weight excluding hydrogens is 204 g/mol. The van der Waals surface area contributed by atoms with Crippen LogP contribution < -0.4 is 0 Å². The molecule has 0 nitrogen and oxygen atoms in total. The maximum absolute atomic E-state index is 6.22. The summed E-state index contributed by atoms with van der Waals surface area (Å²) in [5, 5.41) is 5.36. The van der Waals surface area contributed by atoms with Gasteiger partial charge in [0.1, 0.15) is 0 Å². The van der Waals surface area contributed by atoms with Crippen molar-refractivity contribution in [3.05, 3.63) is 59.6 Å². The molecule has 71 valence electrons. The molecule has 0 heterocycles. The van der Waals surface area contributed by atoms with Gasteiger partial charge in [-0.15, -0.1) is 0 Å². The summed E-state index contributed by atoms with van der Waals surface area (Å²) in [4.78, 5) is 0. The van der Waals surface area contributed by atoms with Crippen LogP contribution in [0.1, 0.15) is 0 Å². The summed E-state index contributed by atoms with van der Waals surface area (Å²) in [6.45, 7) is 0. The fourth-order valence-electron chi connectivity index (χ4n) is 1.93. The molecule has 0 amide bonds. The predicted molar refractivity (Wildman–Crippen MR) is 65.3 cm³/mol. The van der Waals surface area contributed by atoms with E-state index in [4.69, 9.17) is 11.6 Å². The zero-order valence-electron chi connectivity index (χ0n) is 8.00. The Labute approximate surface area is 93.1 Å². The Hall–Kier alpha value is -1.53. The average molecular weight is 212 g/mol. The van der Waals surface area contributed by atoms with Gasteiger partial charge in [-0.1, -0.05) is 54.1 Å². The van der Waals surface area contributed by atoms with Crippen LogP contribution in [0, 0.1) is 6.07 Å². The van der Waals surface area contributed by atoms with Crippen molar-refractivity contribution in [1.82, 2.24) is 0 Å². The number of hydrogen-bond donors (Lipinski definition) is 0. The Kier molecular flexibility index (Phi) is 1.90. The van der Waals surface area contributed by atoms with E-state index in [9.17, 15) is 0 Å². The van der Waals surface area contributed by atoms with E-state index in [1.54, 1.807) is 0 Å². The summed E-state index contributed by atoms with van der Waals surface area (Å²) >= 11 is 6.22. The van der Waals surface area contributed by atoms with Gasteiger partial charge >= 0.3 is 0 Å². The van der Waals surface area contributed by atoms with E-state index in [-0.39, 0.29) is 0 Å². The van der Waals surface area contributed by atoms with Crippen LogP contribution >= 0.6 is 11.6 Å². The highest BCUT2D eigenvalue weighted by Crippen LogP contribution is 2.30. The molecule has 1 heteroatoms. The number of hydrogen-bond acceptors (Lipinski definition) is 0.